The highest BCUT2D eigenvalue weighted by Crippen LogP contribution is 2.34. The van der Waals surface area contributed by atoms with Gasteiger partial charge in [-0.3, -0.25) is 9.69 Å². The minimum Gasteiger partial charge on any atom is -0.394 e. The molecule has 1 aliphatic heterocycles. The van der Waals surface area contributed by atoms with E-state index in [1.54, 1.807) is 0 Å². The maximum atomic E-state index is 12.9. The topological polar surface area (TPSA) is 59.6 Å². The summed E-state index contributed by atoms with van der Waals surface area (Å²) in [6.45, 7) is 8.20. The lowest BCUT2D eigenvalue weighted by Crippen LogP contribution is -2.47. The molecule has 0 spiro atoms. The van der Waals surface area contributed by atoms with Crippen LogP contribution >= 0.6 is 0 Å². The molecule has 26 heavy (non-hydrogen) atoms. The van der Waals surface area contributed by atoms with Crippen molar-refractivity contribution < 1.29 is 9.90 Å². The highest BCUT2D eigenvalue weighted by Gasteiger charge is 2.33. The van der Waals surface area contributed by atoms with Gasteiger partial charge in [0.05, 0.1) is 24.1 Å². The molecular formula is C21H29N3O2. The standard InChI is InChI=1S/C21H29N3O2/c1-5-24(6-2)21(26)15-10-18(19(13-25)23(4)12-15)17-9-7-8-16-14(3)11-22-20(16)17/h7-11,15,19,22,25H,5-6,12-13H2,1-4H3/t15-,19-/m1/s1. The summed E-state index contributed by atoms with van der Waals surface area (Å²) in [5, 5.41) is 11.2. The van der Waals surface area contributed by atoms with Gasteiger partial charge in [0, 0.05) is 36.8 Å². The molecule has 0 fully saturated rings. The molecule has 0 unspecified atom stereocenters. The molecule has 0 bridgehead atoms. The number of hydrogen-bond acceptors (Lipinski definition) is 3. The Morgan fingerprint density at radius 2 is 2.08 bits per heavy atom. The molecule has 1 aliphatic rings. The summed E-state index contributed by atoms with van der Waals surface area (Å²) >= 11 is 0. The number of hydrogen-bond donors (Lipinski definition) is 2. The number of benzene rings is 1. The number of aliphatic hydroxyl groups is 1. The minimum atomic E-state index is -0.191. The predicted molar refractivity (Wildman–Crippen MR) is 106 cm³/mol. The third kappa shape index (κ3) is 3.17. The van der Waals surface area contributed by atoms with Gasteiger partial charge in [-0.1, -0.05) is 24.3 Å². The Kier molecular flexibility index (Phi) is 5.49. The fraction of sp³-hybridized carbons (Fsp3) is 0.476. The molecule has 2 heterocycles. The van der Waals surface area contributed by atoms with Gasteiger partial charge in [0.2, 0.25) is 5.91 Å². The smallest absolute Gasteiger partial charge is 0.230 e. The van der Waals surface area contributed by atoms with Gasteiger partial charge in [-0.05, 0) is 39.0 Å². The first-order valence-electron chi connectivity index (χ1n) is 9.40. The monoisotopic (exact) mass is 355 g/mol. The van der Waals surface area contributed by atoms with E-state index in [0.717, 1.165) is 16.7 Å². The Labute approximate surface area is 155 Å². The van der Waals surface area contributed by atoms with Gasteiger partial charge in [0.15, 0.2) is 0 Å². The lowest BCUT2D eigenvalue weighted by Gasteiger charge is -2.37. The van der Waals surface area contributed by atoms with Crippen LogP contribution in [0.2, 0.25) is 0 Å². The third-order valence-corrected chi connectivity index (χ3v) is 5.56. The number of carbonyl (C=O) groups is 1. The minimum absolute atomic E-state index is 0.0323. The number of aliphatic hydroxyl groups excluding tert-OH is 1. The van der Waals surface area contributed by atoms with Crippen molar-refractivity contribution in [1.82, 2.24) is 14.8 Å². The average molecular weight is 355 g/mol. The Bertz CT molecular complexity index is 820. The largest absolute Gasteiger partial charge is 0.394 e. The van der Waals surface area contributed by atoms with Gasteiger partial charge >= 0.3 is 0 Å². The molecular weight excluding hydrogens is 326 g/mol. The van der Waals surface area contributed by atoms with Crippen molar-refractivity contribution in [3.63, 3.8) is 0 Å². The van der Waals surface area contributed by atoms with Crippen molar-refractivity contribution in [1.29, 1.82) is 0 Å². The second-order valence-corrected chi connectivity index (χ2v) is 7.08. The quantitative estimate of drug-likeness (QED) is 0.867. The number of carbonyl (C=O) groups excluding carboxylic acids is 1. The Morgan fingerprint density at radius 3 is 2.73 bits per heavy atom. The van der Waals surface area contributed by atoms with Gasteiger partial charge in [0.25, 0.3) is 0 Å². The molecule has 0 radical (unpaired) electrons. The number of amides is 1. The number of para-hydroxylation sites is 1. The van der Waals surface area contributed by atoms with Crippen LogP contribution in [0.15, 0.2) is 30.5 Å². The van der Waals surface area contributed by atoms with E-state index in [9.17, 15) is 9.90 Å². The van der Waals surface area contributed by atoms with Crippen LogP contribution in [0.3, 0.4) is 0 Å². The van der Waals surface area contributed by atoms with Crippen molar-refractivity contribution in [3.8, 4) is 0 Å². The molecule has 1 aromatic heterocycles. The summed E-state index contributed by atoms with van der Waals surface area (Å²) in [7, 11) is 1.98. The first kappa shape index (κ1) is 18.7. The highest BCUT2D eigenvalue weighted by molar-refractivity contribution is 5.95. The van der Waals surface area contributed by atoms with E-state index in [1.807, 2.05) is 38.1 Å². The fourth-order valence-corrected chi connectivity index (χ4v) is 4.02. The Balaban J connectivity index is 2.09. The summed E-state index contributed by atoms with van der Waals surface area (Å²) in [5.41, 5.74) is 4.36. The van der Waals surface area contributed by atoms with Crippen LogP contribution in [0, 0.1) is 12.8 Å². The van der Waals surface area contributed by atoms with E-state index < -0.39 is 0 Å². The van der Waals surface area contributed by atoms with Gasteiger partial charge < -0.3 is 15.0 Å². The van der Waals surface area contributed by atoms with Crippen LogP contribution in [0.4, 0.5) is 0 Å². The number of aromatic amines is 1. The maximum Gasteiger partial charge on any atom is 0.230 e. The third-order valence-electron chi connectivity index (χ3n) is 5.56. The van der Waals surface area contributed by atoms with Crippen molar-refractivity contribution in [2.75, 3.05) is 33.3 Å². The van der Waals surface area contributed by atoms with Crippen molar-refractivity contribution >= 4 is 22.4 Å². The zero-order chi connectivity index (χ0) is 18.8. The molecule has 2 aromatic rings. The zero-order valence-electron chi connectivity index (χ0n) is 16.1. The van der Waals surface area contributed by atoms with E-state index in [4.69, 9.17) is 0 Å². The number of aryl methyl sites for hydroxylation is 1. The lowest BCUT2D eigenvalue weighted by atomic mass is 9.87. The molecule has 2 atom stereocenters. The van der Waals surface area contributed by atoms with E-state index in [-0.39, 0.29) is 24.5 Å². The molecule has 140 valence electrons. The molecule has 0 saturated carbocycles. The number of nitrogens with zero attached hydrogens (tertiary/aromatic N) is 2. The van der Waals surface area contributed by atoms with Gasteiger partial charge in [-0.2, -0.15) is 0 Å². The van der Waals surface area contributed by atoms with Crippen LogP contribution in [-0.4, -0.2) is 65.1 Å². The molecule has 2 N–H and O–H groups in total. The first-order valence-corrected chi connectivity index (χ1v) is 9.40. The summed E-state index contributed by atoms with van der Waals surface area (Å²) in [4.78, 5) is 20.3. The number of fused-ring (bicyclic) bond motifs is 1. The lowest BCUT2D eigenvalue weighted by molar-refractivity contribution is -0.134. The molecule has 1 amide bonds. The Morgan fingerprint density at radius 1 is 1.35 bits per heavy atom. The number of H-pyrrole nitrogens is 1. The second-order valence-electron chi connectivity index (χ2n) is 7.08. The number of nitrogens with one attached hydrogen (secondary N) is 1. The van der Waals surface area contributed by atoms with Crippen LogP contribution in [0.1, 0.15) is 25.0 Å². The summed E-state index contributed by atoms with van der Waals surface area (Å²) < 4.78 is 0. The van der Waals surface area contributed by atoms with Crippen molar-refractivity contribution in [2.45, 2.75) is 26.8 Å². The number of likely N-dealkylation sites (N-methyl/N-ethyl adjacent to an activating group) is 1. The highest BCUT2D eigenvalue weighted by atomic mass is 16.3. The van der Waals surface area contributed by atoms with E-state index in [2.05, 4.69) is 35.0 Å². The first-order chi connectivity index (χ1) is 12.5. The van der Waals surface area contributed by atoms with Crippen LogP contribution in [-0.2, 0) is 4.79 Å². The predicted octanol–water partition coefficient (Wildman–Crippen LogP) is 2.65. The summed E-state index contributed by atoms with van der Waals surface area (Å²) in [6.07, 6.45) is 4.08. The molecule has 0 saturated heterocycles. The zero-order valence-corrected chi connectivity index (χ0v) is 16.1. The molecule has 3 rings (SSSR count). The normalized spacial score (nSPS) is 21.0. The van der Waals surface area contributed by atoms with E-state index >= 15 is 0 Å². The van der Waals surface area contributed by atoms with E-state index in [1.165, 1.54) is 10.9 Å². The number of rotatable bonds is 5. The van der Waals surface area contributed by atoms with Crippen LogP contribution in [0.25, 0.3) is 16.5 Å². The van der Waals surface area contributed by atoms with Gasteiger partial charge in [-0.15, -0.1) is 0 Å². The van der Waals surface area contributed by atoms with Crippen LogP contribution in [0.5, 0.6) is 0 Å². The second kappa shape index (κ2) is 7.64. The Hall–Kier alpha value is -2.11. The molecule has 1 aromatic carbocycles. The molecule has 0 aliphatic carbocycles. The van der Waals surface area contributed by atoms with Gasteiger partial charge in [0.1, 0.15) is 0 Å². The maximum absolute atomic E-state index is 12.9. The molecule has 5 heteroatoms. The number of aromatic nitrogens is 1. The van der Waals surface area contributed by atoms with Crippen molar-refractivity contribution in [2.24, 2.45) is 5.92 Å². The summed E-state index contributed by atoms with van der Waals surface area (Å²) in [6, 6.07) is 6.11. The fourth-order valence-electron chi connectivity index (χ4n) is 4.02. The molecule has 5 nitrogen and oxygen atoms in total. The summed E-state index contributed by atoms with van der Waals surface area (Å²) in [5.74, 6) is -0.0328. The van der Waals surface area contributed by atoms with E-state index in [0.29, 0.717) is 19.6 Å². The average Bonchev–Trinajstić information content (AvgIpc) is 3.03. The van der Waals surface area contributed by atoms with Crippen LogP contribution < -0.4 is 0 Å². The van der Waals surface area contributed by atoms with Gasteiger partial charge in [-0.25, -0.2) is 0 Å². The van der Waals surface area contributed by atoms with Crippen molar-refractivity contribution in [3.05, 3.63) is 41.6 Å². The SMILES string of the molecule is CCN(CC)C(=O)[C@@H]1C=C(c2cccc3c(C)c[nH]c23)[C@@H](CO)N(C)C1.